The van der Waals surface area contributed by atoms with Gasteiger partial charge in [0.15, 0.2) is 0 Å². The Morgan fingerprint density at radius 2 is 1.65 bits per heavy atom. The van der Waals surface area contributed by atoms with Crippen LogP contribution in [-0.2, 0) is 12.8 Å². The molecule has 1 aliphatic carbocycles. The fourth-order valence-electron chi connectivity index (χ4n) is 2.47. The van der Waals surface area contributed by atoms with Gasteiger partial charge in [-0.1, -0.05) is 46.3 Å². The first kappa shape index (κ1) is 10.8. The Morgan fingerprint density at radius 1 is 0.941 bits per heavy atom. The van der Waals surface area contributed by atoms with Crippen LogP contribution < -0.4 is 5.32 Å². The van der Waals surface area contributed by atoms with Gasteiger partial charge in [-0.3, -0.25) is 0 Å². The number of hydrogen-bond donors (Lipinski definition) is 1. The smallest absolute Gasteiger partial charge is 0.0353 e. The van der Waals surface area contributed by atoms with Gasteiger partial charge in [-0.05, 0) is 42.2 Å². The molecule has 0 bridgehead atoms. The summed E-state index contributed by atoms with van der Waals surface area (Å²) in [5, 5.41) is 3.60. The van der Waals surface area contributed by atoms with Crippen molar-refractivity contribution in [2.45, 2.75) is 18.9 Å². The van der Waals surface area contributed by atoms with E-state index in [1.54, 1.807) is 0 Å². The molecule has 0 radical (unpaired) electrons. The van der Waals surface area contributed by atoms with Crippen LogP contribution in [0.25, 0.3) is 0 Å². The summed E-state index contributed by atoms with van der Waals surface area (Å²) in [5.41, 5.74) is 4.16. The number of hydrogen-bond acceptors (Lipinski definition) is 1. The second kappa shape index (κ2) is 4.53. The van der Waals surface area contributed by atoms with E-state index in [9.17, 15) is 0 Å². The topological polar surface area (TPSA) is 12.0 Å². The number of benzene rings is 2. The van der Waals surface area contributed by atoms with Crippen LogP contribution in [0.5, 0.6) is 0 Å². The monoisotopic (exact) mass is 287 g/mol. The summed E-state index contributed by atoms with van der Waals surface area (Å²) >= 11 is 3.50. The van der Waals surface area contributed by atoms with Gasteiger partial charge in [0.25, 0.3) is 0 Å². The molecule has 0 spiro atoms. The highest BCUT2D eigenvalue weighted by Crippen LogP contribution is 2.25. The van der Waals surface area contributed by atoms with Crippen LogP contribution in [-0.4, -0.2) is 6.04 Å². The van der Waals surface area contributed by atoms with Crippen molar-refractivity contribution >= 4 is 21.6 Å². The largest absolute Gasteiger partial charge is 0.382 e. The summed E-state index contributed by atoms with van der Waals surface area (Å²) in [5.74, 6) is 0. The summed E-state index contributed by atoms with van der Waals surface area (Å²) in [4.78, 5) is 0. The first-order chi connectivity index (χ1) is 8.31. The average Bonchev–Trinajstić information content (AvgIpc) is 2.71. The Hall–Kier alpha value is -1.28. The van der Waals surface area contributed by atoms with Crippen molar-refractivity contribution in [3.8, 4) is 0 Å². The number of rotatable bonds is 2. The molecule has 0 amide bonds. The third-order valence-corrected chi connectivity index (χ3v) is 3.74. The highest BCUT2D eigenvalue weighted by molar-refractivity contribution is 9.10. The Labute approximate surface area is 110 Å². The summed E-state index contributed by atoms with van der Waals surface area (Å²) in [6.07, 6.45) is 2.26. The molecule has 0 atom stereocenters. The first-order valence-corrected chi connectivity index (χ1v) is 6.69. The van der Waals surface area contributed by atoms with Gasteiger partial charge in [0.1, 0.15) is 0 Å². The minimum Gasteiger partial charge on any atom is -0.382 e. The first-order valence-electron chi connectivity index (χ1n) is 5.90. The lowest BCUT2D eigenvalue weighted by Crippen LogP contribution is -2.19. The van der Waals surface area contributed by atoms with E-state index in [2.05, 4.69) is 69.8 Å². The molecule has 0 aliphatic heterocycles. The third kappa shape index (κ3) is 2.37. The lowest BCUT2D eigenvalue weighted by Gasteiger charge is -2.13. The maximum Gasteiger partial charge on any atom is 0.0353 e. The Kier molecular flexibility index (Phi) is 2.89. The molecule has 0 aromatic heterocycles. The van der Waals surface area contributed by atoms with Crippen molar-refractivity contribution < 1.29 is 0 Å². The molecule has 0 unspecified atom stereocenters. The van der Waals surface area contributed by atoms with Crippen molar-refractivity contribution in [1.82, 2.24) is 0 Å². The van der Waals surface area contributed by atoms with Gasteiger partial charge in [-0.15, -0.1) is 0 Å². The summed E-state index contributed by atoms with van der Waals surface area (Å²) in [7, 11) is 0. The standard InChI is InChI=1S/C15H14BrN/c16-13-6-3-7-14(10-13)17-15-8-11-4-1-2-5-12(11)9-15/h1-7,10,15,17H,8-9H2. The lowest BCUT2D eigenvalue weighted by molar-refractivity contribution is 0.774. The minimum absolute atomic E-state index is 0.529. The fourth-order valence-corrected chi connectivity index (χ4v) is 2.87. The average molecular weight is 288 g/mol. The Morgan fingerprint density at radius 3 is 2.29 bits per heavy atom. The van der Waals surface area contributed by atoms with Crippen molar-refractivity contribution in [2.24, 2.45) is 0 Å². The maximum absolute atomic E-state index is 3.60. The molecule has 0 heterocycles. The predicted molar refractivity (Wildman–Crippen MR) is 75.4 cm³/mol. The van der Waals surface area contributed by atoms with Crippen LogP contribution in [0.15, 0.2) is 53.0 Å². The normalized spacial score (nSPS) is 14.6. The van der Waals surface area contributed by atoms with Gasteiger partial charge < -0.3 is 5.32 Å². The van der Waals surface area contributed by atoms with Gasteiger partial charge in [0.2, 0.25) is 0 Å². The molecule has 17 heavy (non-hydrogen) atoms. The second-order valence-electron chi connectivity index (χ2n) is 4.53. The number of halogens is 1. The third-order valence-electron chi connectivity index (χ3n) is 3.25. The van der Waals surface area contributed by atoms with Crippen LogP contribution in [0, 0.1) is 0 Å². The zero-order valence-corrected chi connectivity index (χ0v) is 11.1. The Balaban J connectivity index is 1.74. The van der Waals surface area contributed by atoms with Gasteiger partial charge in [-0.25, -0.2) is 0 Å². The molecule has 1 N–H and O–H groups in total. The van der Waals surface area contributed by atoms with Gasteiger partial charge in [-0.2, -0.15) is 0 Å². The molecule has 0 fully saturated rings. The number of nitrogens with one attached hydrogen (secondary N) is 1. The second-order valence-corrected chi connectivity index (χ2v) is 5.44. The molecule has 1 aliphatic rings. The molecule has 3 rings (SSSR count). The van der Waals surface area contributed by atoms with Crippen LogP contribution in [0.1, 0.15) is 11.1 Å². The molecular weight excluding hydrogens is 274 g/mol. The van der Waals surface area contributed by atoms with Crippen molar-refractivity contribution in [2.75, 3.05) is 5.32 Å². The van der Waals surface area contributed by atoms with E-state index in [0.29, 0.717) is 6.04 Å². The molecule has 2 heteroatoms. The van der Waals surface area contributed by atoms with Crippen molar-refractivity contribution in [1.29, 1.82) is 0 Å². The SMILES string of the molecule is Brc1cccc(NC2Cc3ccccc3C2)c1. The molecule has 0 saturated carbocycles. The Bertz CT molecular complexity index is 511. The summed E-state index contributed by atoms with van der Waals surface area (Å²) in [6.45, 7) is 0. The molecule has 1 nitrogen and oxygen atoms in total. The van der Waals surface area contributed by atoms with Gasteiger partial charge in [0.05, 0.1) is 0 Å². The van der Waals surface area contributed by atoms with Crippen LogP contribution in [0.2, 0.25) is 0 Å². The quantitative estimate of drug-likeness (QED) is 0.879. The van der Waals surface area contributed by atoms with E-state index in [1.165, 1.54) is 16.8 Å². The van der Waals surface area contributed by atoms with Crippen molar-refractivity contribution in [3.05, 3.63) is 64.1 Å². The molecule has 2 aromatic carbocycles. The van der Waals surface area contributed by atoms with E-state index < -0.39 is 0 Å². The summed E-state index contributed by atoms with van der Waals surface area (Å²) < 4.78 is 1.12. The number of fused-ring (bicyclic) bond motifs is 1. The zero-order chi connectivity index (χ0) is 11.7. The van der Waals surface area contributed by atoms with E-state index in [1.807, 2.05) is 0 Å². The van der Waals surface area contributed by atoms with Crippen LogP contribution in [0.3, 0.4) is 0 Å². The van der Waals surface area contributed by atoms with Gasteiger partial charge in [0, 0.05) is 16.2 Å². The summed E-state index contributed by atoms with van der Waals surface area (Å²) in [6, 6.07) is 17.6. The lowest BCUT2D eigenvalue weighted by atomic mass is 10.1. The molecule has 2 aromatic rings. The van der Waals surface area contributed by atoms with E-state index in [0.717, 1.165) is 17.3 Å². The fraction of sp³-hybridized carbons (Fsp3) is 0.200. The highest BCUT2D eigenvalue weighted by atomic mass is 79.9. The van der Waals surface area contributed by atoms with E-state index in [-0.39, 0.29) is 0 Å². The van der Waals surface area contributed by atoms with Crippen molar-refractivity contribution in [3.63, 3.8) is 0 Å². The van der Waals surface area contributed by atoms with Crippen LogP contribution >= 0.6 is 15.9 Å². The minimum atomic E-state index is 0.529. The molecular formula is C15H14BrN. The van der Waals surface area contributed by atoms with E-state index >= 15 is 0 Å². The van der Waals surface area contributed by atoms with Crippen LogP contribution in [0.4, 0.5) is 5.69 Å². The van der Waals surface area contributed by atoms with E-state index in [4.69, 9.17) is 0 Å². The zero-order valence-electron chi connectivity index (χ0n) is 9.49. The highest BCUT2D eigenvalue weighted by Gasteiger charge is 2.20. The van der Waals surface area contributed by atoms with Gasteiger partial charge >= 0.3 is 0 Å². The predicted octanol–water partition coefficient (Wildman–Crippen LogP) is 4.03. The number of anilines is 1. The molecule has 0 saturated heterocycles. The molecule has 86 valence electrons. The maximum atomic E-state index is 3.60.